The number of fused-ring (bicyclic) bond motifs is 2. The smallest absolute Gasteiger partial charge is 0.316 e. The molecular formula is C22H30O5. The molecule has 3 aliphatic carbocycles. The fourth-order valence-electron chi connectivity index (χ4n) is 5.57. The summed E-state index contributed by atoms with van der Waals surface area (Å²) in [6.07, 6.45) is 4.46. The Hall–Kier alpha value is -1.75. The summed E-state index contributed by atoms with van der Waals surface area (Å²) in [7, 11) is 2.99. The van der Waals surface area contributed by atoms with Crippen molar-refractivity contribution < 1.29 is 23.9 Å². The first-order valence-corrected chi connectivity index (χ1v) is 9.78. The van der Waals surface area contributed by atoms with Gasteiger partial charge in [0.05, 0.1) is 13.2 Å². The predicted octanol–water partition coefficient (Wildman–Crippen LogP) is 3.42. The number of hydrogen-bond donors (Lipinski definition) is 0. The molecule has 0 aromatic rings. The van der Waals surface area contributed by atoms with Gasteiger partial charge in [0, 0.05) is 18.3 Å². The third-order valence-corrected chi connectivity index (χ3v) is 6.92. The number of carbonyl (C=O) groups excluding carboxylic acids is 3. The molecule has 5 nitrogen and oxygen atoms in total. The van der Waals surface area contributed by atoms with Crippen LogP contribution in [0.25, 0.3) is 0 Å². The molecule has 5 heteroatoms. The van der Waals surface area contributed by atoms with E-state index in [1.165, 1.54) is 7.11 Å². The molecule has 0 radical (unpaired) electrons. The molecule has 27 heavy (non-hydrogen) atoms. The van der Waals surface area contributed by atoms with Crippen molar-refractivity contribution in [3.05, 3.63) is 22.8 Å². The minimum Gasteiger partial charge on any atom is -0.468 e. The van der Waals surface area contributed by atoms with Gasteiger partial charge in [0.1, 0.15) is 5.41 Å². The molecule has 3 atom stereocenters. The summed E-state index contributed by atoms with van der Waals surface area (Å²) in [5, 5.41) is 0. The first-order chi connectivity index (χ1) is 12.6. The van der Waals surface area contributed by atoms with Crippen molar-refractivity contribution in [2.45, 2.75) is 59.5 Å². The first kappa shape index (κ1) is 20.0. The van der Waals surface area contributed by atoms with Gasteiger partial charge in [0.15, 0.2) is 0 Å². The van der Waals surface area contributed by atoms with Gasteiger partial charge >= 0.3 is 5.97 Å². The Kier molecular flexibility index (Phi) is 4.96. The number of allylic oxidation sites excluding steroid dienone is 1. The molecule has 148 valence electrons. The van der Waals surface area contributed by atoms with Crippen LogP contribution in [0.15, 0.2) is 22.8 Å². The molecule has 3 aliphatic rings. The maximum absolute atomic E-state index is 13.3. The van der Waals surface area contributed by atoms with Crippen LogP contribution in [-0.4, -0.2) is 37.9 Å². The lowest BCUT2D eigenvalue weighted by atomic mass is 9.47. The molecular weight excluding hydrogens is 344 g/mol. The van der Waals surface area contributed by atoms with Crippen LogP contribution in [0.1, 0.15) is 53.4 Å². The Morgan fingerprint density at radius 3 is 2.37 bits per heavy atom. The Labute approximate surface area is 161 Å². The number of Topliss-reactive ketones (excluding diaryl/α,β-unsaturated/α-hetero) is 2. The van der Waals surface area contributed by atoms with E-state index in [-0.39, 0.29) is 23.4 Å². The third-order valence-electron chi connectivity index (χ3n) is 6.92. The number of hydrogen-bond acceptors (Lipinski definition) is 5. The van der Waals surface area contributed by atoms with Crippen LogP contribution in [-0.2, 0) is 23.9 Å². The maximum Gasteiger partial charge on any atom is 0.316 e. The third kappa shape index (κ3) is 2.74. The van der Waals surface area contributed by atoms with Crippen LogP contribution < -0.4 is 0 Å². The van der Waals surface area contributed by atoms with Gasteiger partial charge in [-0.3, -0.25) is 14.4 Å². The predicted molar refractivity (Wildman–Crippen MR) is 101 cm³/mol. The molecule has 1 fully saturated rings. The number of ketones is 2. The Morgan fingerprint density at radius 2 is 1.81 bits per heavy atom. The number of methoxy groups -OCH3 is 2. The van der Waals surface area contributed by atoms with Crippen molar-refractivity contribution >= 4 is 17.5 Å². The average molecular weight is 374 g/mol. The molecule has 0 amide bonds. The Bertz CT molecular complexity index is 755. The summed E-state index contributed by atoms with van der Waals surface area (Å²) in [6.45, 7) is 8.07. The number of esters is 1. The van der Waals surface area contributed by atoms with Crippen molar-refractivity contribution in [1.82, 2.24) is 0 Å². The van der Waals surface area contributed by atoms with Crippen LogP contribution in [0.4, 0.5) is 0 Å². The van der Waals surface area contributed by atoms with Crippen molar-refractivity contribution in [3.63, 3.8) is 0 Å². The molecule has 0 heterocycles. The zero-order valence-corrected chi connectivity index (χ0v) is 17.2. The van der Waals surface area contributed by atoms with Gasteiger partial charge in [0.2, 0.25) is 11.6 Å². The maximum atomic E-state index is 13.3. The van der Waals surface area contributed by atoms with E-state index in [0.717, 1.165) is 12.8 Å². The highest BCUT2D eigenvalue weighted by Gasteiger charge is 2.63. The largest absolute Gasteiger partial charge is 0.468 e. The van der Waals surface area contributed by atoms with E-state index in [0.29, 0.717) is 29.6 Å². The van der Waals surface area contributed by atoms with E-state index >= 15 is 0 Å². The fourth-order valence-corrected chi connectivity index (χ4v) is 5.57. The molecule has 1 unspecified atom stereocenters. The van der Waals surface area contributed by atoms with Crippen molar-refractivity contribution in [2.75, 3.05) is 14.2 Å². The molecule has 3 rings (SSSR count). The van der Waals surface area contributed by atoms with E-state index in [9.17, 15) is 14.4 Å². The van der Waals surface area contributed by atoms with Crippen LogP contribution >= 0.6 is 0 Å². The highest BCUT2D eigenvalue weighted by Crippen LogP contribution is 2.61. The molecule has 0 bridgehead atoms. The summed E-state index contributed by atoms with van der Waals surface area (Å²) >= 11 is 0. The van der Waals surface area contributed by atoms with Crippen LogP contribution in [0.3, 0.4) is 0 Å². The van der Waals surface area contributed by atoms with Gasteiger partial charge in [0.25, 0.3) is 0 Å². The van der Waals surface area contributed by atoms with Gasteiger partial charge in [-0.15, -0.1) is 0 Å². The molecule has 0 N–H and O–H groups in total. The monoisotopic (exact) mass is 374 g/mol. The fraction of sp³-hybridized carbons (Fsp3) is 0.682. The van der Waals surface area contributed by atoms with Gasteiger partial charge in [-0.1, -0.05) is 34.1 Å². The topological polar surface area (TPSA) is 69.7 Å². The minimum atomic E-state index is -1.06. The average Bonchev–Trinajstić information content (AvgIpc) is 2.62. The van der Waals surface area contributed by atoms with Crippen LogP contribution in [0.2, 0.25) is 0 Å². The van der Waals surface area contributed by atoms with Crippen molar-refractivity contribution in [1.29, 1.82) is 0 Å². The second-order valence-electron chi connectivity index (χ2n) is 9.06. The van der Waals surface area contributed by atoms with Crippen molar-refractivity contribution in [3.8, 4) is 0 Å². The highest BCUT2D eigenvalue weighted by atomic mass is 16.5. The molecule has 0 aromatic heterocycles. The zero-order chi connectivity index (χ0) is 20.1. The van der Waals surface area contributed by atoms with E-state index in [4.69, 9.17) is 9.47 Å². The molecule has 0 aliphatic heterocycles. The molecule has 0 saturated heterocycles. The zero-order valence-electron chi connectivity index (χ0n) is 17.2. The van der Waals surface area contributed by atoms with E-state index < -0.39 is 23.0 Å². The van der Waals surface area contributed by atoms with Crippen LogP contribution in [0, 0.1) is 22.7 Å². The lowest BCUT2D eigenvalue weighted by Crippen LogP contribution is -2.57. The standard InChI is InChI=1S/C22H30O5/c1-12(2)13-10-14-15(26-5)11-16-21(3,4)8-7-9-22(16,20(25)27-6)17(14)19(24)18(13)23/h10,12,15-16H,7-9,11H2,1-6H3/t15?,16-,22+/m0/s1. The van der Waals surface area contributed by atoms with E-state index in [2.05, 4.69) is 13.8 Å². The van der Waals surface area contributed by atoms with Gasteiger partial charge in [-0.2, -0.15) is 0 Å². The summed E-state index contributed by atoms with van der Waals surface area (Å²) < 4.78 is 11.0. The summed E-state index contributed by atoms with van der Waals surface area (Å²) in [5.74, 6) is -1.62. The number of ether oxygens (including phenoxy) is 2. The number of rotatable bonds is 3. The molecule has 1 saturated carbocycles. The van der Waals surface area contributed by atoms with Crippen LogP contribution in [0.5, 0.6) is 0 Å². The summed E-state index contributed by atoms with van der Waals surface area (Å²) in [6, 6.07) is 0. The first-order valence-electron chi connectivity index (χ1n) is 9.78. The summed E-state index contributed by atoms with van der Waals surface area (Å²) in [5.41, 5.74) is 0.304. The quantitative estimate of drug-likeness (QED) is 0.430. The second-order valence-corrected chi connectivity index (χ2v) is 9.06. The SMILES string of the molecule is COC(=O)[C@]12CCCC(C)(C)[C@@H]1CC(OC)C1=C2C(=O)C(=O)C(C(C)C)=C1. The number of carbonyl (C=O) groups is 3. The second kappa shape index (κ2) is 6.69. The Balaban J connectivity index is 2.34. The Morgan fingerprint density at radius 1 is 1.15 bits per heavy atom. The lowest BCUT2D eigenvalue weighted by molar-refractivity contribution is -0.165. The summed E-state index contributed by atoms with van der Waals surface area (Å²) in [4.78, 5) is 39.3. The minimum absolute atomic E-state index is 0.0670. The highest BCUT2D eigenvalue weighted by molar-refractivity contribution is 6.51. The van der Waals surface area contributed by atoms with Gasteiger partial charge in [-0.05, 0) is 48.2 Å². The van der Waals surface area contributed by atoms with E-state index in [1.54, 1.807) is 13.2 Å². The van der Waals surface area contributed by atoms with Gasteiger partial charge < -0.3 is 9.47 Å². The van der Waals surface area contributed by atoms with E-state index in [1.807, 2.05) is 13.8 Å². The lowest BCUT2D eigenvalue weighted by Gasteiger charge is -2.55. The molecule has 0 aromatic carbocycles. The van der Waals surface area contributed by atoms with Crippen molar-refractivity contribution in [2.24, 2.45) is 22.7 Å². The normalized spacial score (nSPS) is 32.8. The van der Waals surface area contributed by atoms with Gasteiger partial charge in [-0.25, -0.2) is 0 Å². The molecule has 0 spiro atoms.